The summed E-state index contributed by atoms with van der Waals surface area (Å²) in [7, 11) is 0. The average molecular weight is 325 g/mol. The van der Waals surface area contributed by atoms with E-state index in [4.69, 9.17) is 4.74 Å². The maximum absolute atomic E-state index is 12.4. The van der Waals surface area contributed by atoms with Crippen molar-refractivity contribution < 1.29 is 9.53 Å². The zero-order valence-corrected chi connectivity index (χ0v) is 11.8. The number of pyridine rings is 1. The Morgan fingerprint density at radius 1 is 1.42 bits per heavy atom. The van der Waals surface area contributed by atoms with Crippen LogP contribution in [0.2, 0.25) is 0 Å². The molecule has 2 aromatic rings. The third-order valence-corrected chi connectivity index (χ3v) is 3.73. The van der Waals surface area contributed by atoms with Crippen molar-refractivity contribution in [2.45, 2.75) is 6.42 Å². The van der Waals surface area contributed by atoms with Crippen LogP contribution in [0.25, 0.3) is 10.9 Å². The lowest BCUT2D eigenvalue weighted by molar-refractivity contribution is 0.0736. The fraction of sp³-hybridized carbons (Fsp3) is 0.417. The number of halogens is 1. The van der Waals surface area contributed by atoms with Crippen molar-refractivity contribution in [2.24, 2.45) is 0 Å². The third kappa shape index (κ3) is 2.48. The number of carbonyl (C=O) groups excluding carboxylic acids is 1. The zero-order chi connectivity index (χ0) is 13.2. The van der Waals surface area contributed by atoms with Crippen LogP contribution >= 0.6 is 15.9 Å². The summed E-state index contributed by atoms with van der Waals surface area (Å²) in [5.74, 6) is -0.0573. The summed E-state index contributed by atoms with van der Waals surface area (Å²) in [5, 5.41) is 7.77. The van der Waals surface area contributed by atoms with Crippen LogP contribution in [-0.2, 0) is 4.74 Å². The number of nitrogens with zero attached hydrogens (tertiary/aromatic N) is 3. The number of carbonyl (C=O) groups is 1. The number of aromatic amines is 1. The van der Waals surface area contributed by atoms with Crippen LogP contribution in [0.4, 0.5) is 0 Å². The molecule has 1 amide bonds. The van der Waals surface area contributed by atoms with Crippen molar-refractivity contribution in [2.75, 3.05) is 26.3 Å². The van der Waals surface area contributed by atoms with Crippen LogP contribution in [0.1, 0.15) is 16.9 Å². The Morgan fingerprint density at radius 3 is 3.21 bits per heavy atom. The quantitative estimate of drug-likeness (QED) is 0.864. The van der Waals surface area contributed by atoms with E-state index in [9.17, 15) is 4.79 Å². The summed E-state index contributed by atoms with van der Waals surface area (Å²) in [6.07, 6.45) is 2.52. The summed E-state index contributed by atoms with van der Waals surface area (Å²) in [6.45, 7) is 2.63. The van der Waals surface area contributed by atoms with Crippen LogP contribution in [-0.4, -0.2) is 52.3 Å². The topological polar surface area (TPSA) is 71.1 Å². The summed E-state index contributed by atoms with van der Waals surface area (Å²) in [4.78, 5) is 18.4. The normalized spacial score (nSPS) is 16.6. The van der Waals surface area contributed by atoms with E-state index in [2.05, 4.69) is 31.1 Å². The first-order valence-electron chi connectivity index (χ1n) is 6.12. The molecule has 6 nitrogen and oxygen atoms in total. The van der Waals surface area contributed by atoms with Gasteiger partial charge in [0.05, 0.1) is 17.5 Å². The Hall–Kier alpha value is -1.47. The van der Waals surface area contributed by atoms with Crippen LogP contribution < -0.4 is 0 Å². The Balaban J connectivity index is 1.88. The number of nitrogens with one attached hydrogen (secondary N) is 1. The first-order chi connectivity index (χ1) is 9.25. The van der Waals surface area contributed by atoms with Gasteiger partial charge in [0.15, 0.2) is 0 Å². The third-order valence-electron chi connectivity index (χ3n) is 3.13. The maximum Gasteiger partial charge on any atom is 0.272 e. The molecule has 3 heterocycles. The van der Waals surface area contributed by atoms with Crippen molar-refractivity contribution in [3.63, 3.8) is 0 Å². The highest BCUT2D eigenvalue weighted by molar-refractivity contribution is 9.10. The molecule has 0 bridgehead atoms. The highest BCUT2D eigenvalue weighted by Gasteiger charge is 2.19. The molecule has 0 aromatic carbocycles. The van der Waals surface area contributed by atoms with E-state index in [1.165, 1.54) is 0 Å². The molecule has 1 N–H and O–H groups in total. The predicted octanol–water partition coefficient (Wildman–Crippen LogP) is 1.58. The molecular formula is C12H13BrN4O2. The van der Waals surface area contributed by atoms with E-state index in [0.717, 1.165) is 17.3 Å². The van der Waals surface area contributed by atoms with Gasteiger partial charge in [-0.3, -0.25) is 14.9 Å². The molecule has 1 fully saturated rings. The number of fused-ring (bicyclic) bond motifs is 1. The van der Waals surface area contributed by atoms with E-state index < -0.39 is 0 Å². The minimum atomic E-state index is -0.0573. The van der Waals surface area contributed by atoms with Gasteiger partial charge in [0, 0.05) is 25.9 Å². The number of rotatable bonds is 1. The van der Waals surface area contributed by atoms with E-state index in [-0.39, 0.29) is 5.91 Å². The van der Waals surface area contributed by atoms with E-state index in [0.29, 0.717) is 36.6 Å². The second kappa shape index (κ2) is 5.26. The van der Waals surface area contributed by atoms with E-state index in [1.807, 2.05) is 0 Å². The lowest BCUT2D eigenvalue weighted by atomic mass is 10.2. The SMILES string of the molecule is O=C(c1cc2[nH]nc(Br)c2cn1)N1CCCOCC1. The Kier molecular flexibility index (Phi) is 3.48. The molecule has 0 unspecified atom stereocenters. The molecule has 0 radical (unpaired) electrons. The van der Waals surface area contributed by atoms with Crippen LogP contribution in [0.3, 0.4) is 0 Å². The van der Waals surface area contributed by atoms with E-state index in [1.54, 1.807) is 17.2 Å². The monoisotopic (exact) mass is 324 g/mol. The van der Waals surface area contributed by atoms with Crippen molar-refractivity contribution in [3.05, 3.63) is 22.6 Å². The summed E-state index contributed by atoms with van der Waals surface area (Å²) in [6, 6.07) is 1.74. The molecule has 3 rings (SSSR count). The van der Waals surface area contributed by atoms with Gasteiger partial charge in [-0.25, -0.2) is 0 Å². The number of H-pyrrole nitrogens is 1. The fourth-order valence-electron chi connectivity index (χ4n) is 2.11. The number of hydrogen-bond acceptors (Lipinski definition) is 4. The molecule has 1 aliphatic rings. The fourth-order valence-corrected chi connectivity index (χ4v) is 2.51. The smallest absolute Gasteiger partial charge is 0.272 e. The van der Waals surface area contributed by atoms with Crippen LogP contribution in [0, 0.1) is 0 Å². The maximum atomic E-state index is 12.4. The molecule has 0 saturated carbocycles. The Labute approximate surface area is 118 Å². The van der Waals surface area contributed by atoms with Gasteiger partial charge in [0.1, 0.15) is 10.3 Å². The van der Waals surface area contributed by atoms with Gasteiger partial charge in [0.2, 0.25) is 0 Å². The van der Waals surface area contributed by atoms with Gasteiger partial charge < -0.3 is 9.64 Å². The second-order valence-electron chi connectivity index (χ2n) is 4.39. The van der Waals surface area contributed by atoms with Gasteiger partial charge in [-0.15, -0.1) is 0 Å². The average Bonchev–Trinajstić information content (AvgIpc) is 2.67. The molecular weight excluding hydrogens is 312 g/mol. The van der Waals surface area contributed by atoms with Gasteiger partial charge in [-0.05, 0) is 28.4 Å². The highest BCUT2D eigenvalue weighted by Crippen LogP contribution is 2.20. The number of amides is 1. The zero-order valence-electron chi connectivity index (χ0n) is 10.2. The van der Waals surface area contributed by atoms with Crippen molar-refractivity contribution in [1.82, 2.24) is 20.1 Å². The number of hydrogen-bond donors (Lipinski definition) is 1. The summed E-state index contributed by atoms with van der Waals surface area (Å²) in [5.41, 5.74) is 1.24. The molecule has 0 aliphatic carbocycles. The standard InChI is InChI=1S/C12H13BrN4O2/c13-11-8-7-14-10(6-9(8)15-16-11)12(18)17-2-1-4-19-5-3-17/h6-7H,1-5H2,(H,15,16). The number of aromatic nitrogens is 3. The first kappa shape index (κ1) is 12.6. The molecule has 0 spiro atoms. The number of ether oxygens (including phenoxy) is 1. The van der Waals surface area contributed by atoms with Crippen LogP contribution in [0.5, 0.6) is 0 Å². The van der Waals surface area contributed by atoms with E-state index >= 15 is 0 Å². The molecule has 7 heteroatoms. The second-order valence-corrected chi connectivity index (χ2v) is 5.14. The molecule has 100 valence electrons. The molecule has 1 saturated heterocycles. The first-order valence-corrected chi connectivity index (χ1v) is 6.91. The lowest BCUT2D eigenvalue weighted by Gasteiger charge is -2.18. The minimum absolute atomic E-state index is 0.0573. The summed E-state index contributed by atoms with van der Waals surface area (Å²) < 4.78 is 6.05. The summed E-state index contributed by atoms with van der Waals surface area (Å²) >= 11 is 3.32. The molecule has 2 aromatic heterocycles. The Bertz CT molecular complexity index is 605. The van der Waals surface area contributed by atoms with Crippen molar-refractivity contribution in [1.29, 1.82) is 0 Å². The molecule has 19 heavy (non-hydrogen) atoms. The van der Waals surface area contributed by atoms with Gasteiger partial charge in [0.25, 0.3) is 5.91 Å². The van der Waals surface area contributed by atoms with Crippen LogP contribution in [0.15, 0.2) is 16.9 Å². The van der Waals surface area contributed by atoms with Crippen molar-refractivity contribution >= 4 is 32.7 Å². The van der Waals surface area contributed by atoms with Gasteiger partial charge in [-0.1, -0.05) is 0 Å². The molecule has 0 atom stereocenters. The highest BCUT2D eigenvalue weighted by atomic mass is 79.9. The predicted molar refractivity (Wildman–Crippen MR) is 72.9 cm³/mol. The Morgan fingerprint density at radius 2 is 2.32 bits per heavy atom. The lowest BCUT2D eigenvalue weighted by Crippen LogP contribution is -2.33. The molecule has 1 aliphatic heterocycles. The van der Waals surface area contributed by atoms with Gasteiger partial charge >= 0.3 is 0 Å². The largest absolute Gasteiger partial charge is 0.380 e. The van der Waals surface area contributed by atoms with Crippen molar-refractivity contribution in [3.8, 4) is 0 Å². The minimum Gasteiger partial charge on any atom is -0.380 e. The van der Waals surface area contributed by atoms with Gasteiger partial charge in [-0.2, -0.15) is 5.10 Å².